The molecule has 0 atom stereocenters. The minimum absolute atomic E-state index is 0.0923. The molecule has 0 radical (unpaired) electrons. The van der Waals surface area contributed by atoms with Crippen LogP contribution < -0.4 is 16.2 Å². The van der Waals surface area contributed by atoms with E-state index in [0.29, 0.717) is 46.3 Å². The fraction of sp³-hybridized carbons (Fsp3) is 0.238. The van der Waals surface area contributed by atoms with Crippen molar-refractivity contribution in [3.63, 3.8) is 0 Å². The first-order chi connectivity index (χ1) is 15.0. The standard InChI is InChI=1S/C21H21ClN4O4S/c1-30-11-5-10-26-19(28)16-9-8-14(22)12-17(16)24-21(26)31-13-18(27)25-20(29)23-15-6-3-2-4-7-15/h2-4,6-9,12H,5,10-11,13H2,1H3,(H2,23,25,27,29). The van der Waals surface area contributed by atoms with Gasteiger partial charge < -0.3 is 10.1 Å². The molecule has 0 fully saturated rings. The molecule has 1 aromatic heterocycles. The molecule has 0 unspecified atom stereocenters. The van der Waals surface area contributed by atoms with Gasteiger partial charge in [-0.1, -0.05) is 41.6 Å². The summed E-state index contributed by atoms with van der Waals surface area (Å²) < 4.78 is 6.58. The van der Waals surface area contributed by atoms with Gasteiger partial charge in [0.1, 0.15) is 0 Å². The van der Waals surface area contributed by atoms with Gasteiger partial charge in [-0.15, -0.1) is 0 Å². The van der Waals surface area contributed by atoms with Crippen LogP contribution in [0.25, 0.3) is 10.9 Å². The Balaban J connectivity index is 1.72. The number of carbonyl (C=O) groups is 2. The number of thioether (sulfide) groups is 1. The Hall–Kier alpha value is -2.88. The molecule has 1 heterocycles. The van der Waals surface area contributed by atoms with Crippen LogP contribution in [-0.2, 0) is 16.1 Å². The average molecular weight is 461 g/mol. The summed E-state index contributed by atoms with van der Waals surface area (Å²) in [6.45, 7) is 0.867. The number of nitrogens with one attached hydrogen (secondary N) is 2. The zero-order chi connectivity index (χ0) is 22.2. The van der Waals surface area contributed by atoms with Crippen molar-refractivity contribution in [1.82, 2.24) is 14.9 Å². The van der Waals surface area contributed by atoms with Gasteiger partial charge in [0.25, 0.3) is 5.56 Å². The van der Waals surface area contributed by atoms with Crippen molar-refractivity contribution in [2.24, 2.45) is 0 Å². The summed E-state index contributed by atoms with van der Waals surface area (Å²) in [5, 5.41) is 6.12. The highest BCUT2D eigenvalue weighted by atomic mass is 35.5. The Morgan fingerprint density at radius 2 is 1.97 bits per heavy atom. The van der Waals surface area contributed by atoms with Crippen molar-refractivity contribution in [3.8, 4) is 0 Å². The smallest absolute Gasteiger partial charge is 0.325 e. The molecule has 3 rings (SSSR count). The summed E-state index contributed by atoms with van der Waals surface area (Å²) in [6.07, 6.45) is 0.608. The minimum atomic E-state index is -0.632. The number of imide groups is 1. The van der Waals surface area contributed by atoms with E-state index in [1.54, 1.807) is 49.6 Å². The molecular weight excluding hydrogens is 440 g/mol. The Labute approximate surface area is 187 Å². The van der Waals surface area contributed by atoms with Gasteiger partial charge in [-0.3, -0.25) is 19.5 Å². The number of anilines is 1. The molecule has 0 aliphatic rings. The van der Waals surface area contributed by atoms with Crippen LogP contribution in [0.2, 0.25) is 5.02 Å². The second kappa shape index (κ2) is 10.9. The van der Waals surface area contributed by atoms with Crippen LogP contribution in [0, 0.1) is 0 Å². The SMILES string of the molecule is COCCCn1c(SCC(=O)NC(=O)Nc2ccccc2)nc2cc(Cl)ccc2c1=O. The largest absolute Gasteiger partial charge is 0.385 e. The molecule has 162 valence electrons. The first-order valence-electron chi connectivity index (χ1n) is 9.45. The monoisotopic (exact) mass is 460 g/mol. The average Bonchev–Trinajstić information content (AvgIpc) is 2.74. The number of hydrogen-bond donors (Lipinski definition) is 2. The number of benzene rings is 2. The molecule has 2 N–H and O–H groups in total. The van der Waals surface area contributed by atoms with Crippen LogP contribution in [0.5, 0.6) is 0 Å². The number of fused-ring (bicyclic) bond motifs is 1. The molecule has 3 aromatic rings. The van der Waals surface area contributed by atoms with Crippen LogP contribution >= 0.6 is 23.4 Å². The molecule has 0 aliphatic heterocycles. The summed E-state index contributed by atoms with van der Waals surface area (Å²) in [6, 6.07) is 13.0. The fourth-order valence-corrected chi connectivity index (χ4v) is 3.82. The van der Waals surface area contributed by atoms with Gasteiger partial charge in [0.2, 0.25) is 5.91 Å². The third-order valence-corrected chi connectivity index (χ3v) is 5.44. The highest BCUT2D eigenvalue weighted by Gasteiger charge is 2.15. The fourth-order valence-electron chi connectivity index (χ4n) is 2.82. The van der Waals surface area contributed by atoms with Gasteiger partial charge in [0.15, 0.2) is 5.16 Å². The molecule has 0 spiro atoms. The quantitative estimate of drug-likeness (QED) is 0.303. The van der Waals surface area contributed by atoms with Gasteiger partial charge >= 0.3 is 6.03 Å². The zero-order valence-electron chi connectivity index (χ0n) is 16.8. The molecule has 3 amide bonds. The van der Waals surface area contributed by atoms with Gasteiger partial charge in [-0.2, -0.15) is 0 Å². The number of halogens is 1. The molecule has 0 saturated heterocycles. The molecule has 0 saturated carbocycles. The summed E-state index contributed by atoms with van der Waals surface area (Å²) in [4.78, 5) is 41.7. The number of ether oxygens (including phenoxy) is 1. The Bertz CT molecular complexity index is 1140. The number of aromatic nitrogens is 2. The lowest BCUT2D eigenvalue weighted by atomic mass is 10.2. The maximum Gasteiger partial charge on any atom is 0.325 e. The highest BCUT2D eigenvalue weighted by Crippen LogP contribution is 2.20. The number of urea groups is 1. The number of methoxy groups -OCH3 is 1. The zero-order valence-corrected chi connectivity index (χ0v) is 18.3. The van der Waals surface area contributed by atoms with Crippen molar-refractivity contribution in [1.29, 1.82) is 0 Å². The van der Waals surface area contributed by atoms with E-state index in [4.69, 9.17) is 16.3 Å². The number of para-hydroxylation sites is 1. The van der Waals surface area contributed by atoms with Crippen molar-refractivity contribution >= 4 is 51.9 Å². The maximum absolute atomic E-state index is 12.9. The number of nitrogens with zero attached hydrogens (tertiary/aromatic N) is 2. The van der Waals surface area contributed by atoms with E-state index < -0.39 is 11.9 Å². The number of hydrogen-bond acceptors (Lipinski definition) is 6. The summed E-state index contributed by atoms with van der Waals surface area (Å²) >= 11 is 7.11. The Kier molecular flexibility index (Phi) is 8.05. The van der Waals surface area contributed by atoms with E-state index in [9.17, 15) is 14.4 Å². The number of amides is 3. The van der Waals surface area contributed by atoms with Gasteiger partial charge in [-0.05, 0) is 36.8 Å². The van der Waals surface area contributed by atoms with E-state index >= 15 is 0 Å². The molecule has 10 heteroatoms. The van der Waals surface area contributed by atoms with Crippen molar-refractivity contribution in [2.75, 3.05) is 24.8 Å². The van der Waals surface area contributed by atoms with E-state index in [1.165, 1.54) is 4.57 Å². The topological polar surface area (TPSA) is 102 Å². The van der Waals surface area contributed by atoms with Crippen LogP contribution in [-0.4, -0.2) is 41.0 Å². The normalized spacial score (nSPS) is 10.8. The van der Waals surface area contributed by atoms with Crippen LogP contribution in [0.1, 0.15) is 6.42 Å². The highest BCUT2D eigenvalue weighted by molar-refractivity contribution is 7.99. The Morgan fingerprint density at radius 3 is 2.71 bits per heavy atom. The number of rotatable bonds is 8. The van der Waals surface area contributed by atoms with E-state index in [-0.39, 0.29) is 11.3 Å². The molecule has 2 aromatic carbocycles. The summed E-state index contributed by atoms with van der Waals surface area (Å²) in [5.41, 5.74) is 0.799. The van der Waals surface area contributed by atoms with Crippen LogP contribution in [0.3, 0.4) is 0 Å². The molecule has 8 nitrogen and oxygen atoms in total. The molecular formula is C21H21ClN4O4S. The first kappa shape index (κ1) is 22.8. The Morgan fingerprint density at radius 1 is 1.19 bits per heavy atom. The molecule has 31 heavy (non-hydrogen) atoms. The van der Waals surface area contributed by atoms with Gasteiger partial charge in [0, 0.05) is 31.0 Å². The summed E-state index contributed by atoms with van der Waals surface area (Å²) in [7, 11) is 1.59. The van der Waals surface area contributed by atoms with E-state index in [2.05, 4.69) is 15.6 Å². The third kappa shape index (κ3) is 6.30. The lowest BCUT2D eigenvalue weighted by Crippen LogP contribution is -2.35. The van der Waals surface area contributed by atoms with E-state index in [1.807, 2.05) is 6.07 Å². The third-order valence-electron chi connectivity index (χ3n) is 4.23. The molecule has 0 bridgehead atoms. The van der Waals surface area contributed by atoms with Crippen LogP contribution in [0.15, 0.2) is 58.5 Å². The lowest BCUT2D eigenvalue weighted by Gasteiger charge is -2.13. The molecule has 0 aliphatic carbocycles. The van der Waals surface area contributed by atoms with E-state index in [0.717, 1.165) is 11.8 Å². The van der Waals surface area contributed by atoms with Gasteiger partial charge in [-0.25, -0.2) is 9.78 Å². The predicted octanol–water partition coefficient (Wildman–Crippen LogP) is 3.53. The van der Waals surface area contributed by atoms with Crippen molar-refractivity contribution in [3.05, 3.63) is 63.9 Å². The van der Waals surface area contributed by atoms with Crippen molar-refractivity contribution < 1.29 is 14.3 Å². The predicted molar refractivity (Wildman–Crippen MR) is 122 cm³/mol. The van der Waals surface area contributed by atoms with Crippen LogP contribution in [0.4, 0.5) is 10.5 Å². The van der Waals surface area contributed by atoms with Gasteiger partial charge in [0.05, 0.1) is 16.7 Å². The number of carbonyl (C=O) groups excluding carboxylic acids is 2. The lowest BCUT2D eigenvalue weighted by molar-refractivity contribution is -0.117. The second-order valence-corrected chi connectivity index (χ2v) is 7.89. The minimum Gasteiger partial charge on any atom is -0.385 e. The van der Waals surface area contributed by atoms with Crippen molar-refractivity contribution in [2.45, 2.75) is 18.1 Å². The maximum atomic E-state index is 12.9. The summed E-state index contributed by atoms with van der Waals surface area (Å²) in [5.74, 6) is -0.604. The first-order valence-corrected chi connectivity index (χ1v) is 10.8. The second-order valence-electron chi connectivity index (χ2n) is 6.52.